The van der Waals surface area contributed by atoms with Crippen LogP contribution in [0, 0.1) is 6.92 Å². The summed E-state index contributed by atoms with van der Waals surface area (Å²) in [4.78, 5) is 0. The van der Waals surface area contributed by atoms with Gasteiger partial charge in [-0.25, -0.2) is 0 Å². The summed E-state index contributed by atoms with van der Waals surface area (Å²) in [7, 11) is 2.00. The summed E-state index contributed by atoms with van der Waals surface area (Å²) in [5.41, 5.74) is 2.78. The summed E-state index contributed by atoms with van der Waals surface area (Å²) >= 11 is 2.00. The lowest BCUT2D eigenvalue weighted by Gasteiger charge is -2.10. The summed E-state index contributed by atoms with van der Waals surface area (Å²) in [6.07, 6.45) is 0. The van der Waals surface area contributed by atoms with Crippen LogP contribution in [-0.2, 0) is 5.75 Å². The average Bonchev–Trinajstić information content (AvgIpc) is 2.15. The van der Waals surface area contributed by atoms with Gasteiger partial charge in [-0.2, -0.15) is 11.8 Å². The van der Waals surface area contributed by atoms with Gasteiger partial charge in [-0.15, -0.1) is 0 Å². The molecule has 0 fully saturated rings. The molecule has 1 atom stereocenters. The standard InChI is InChI=1S/C12H19NS/c1-10-5-4-6-12(7-10)9-14-11(2)8-13-3/h4-7,11,13H,8-9H2,1-3H3. The predicted molar refractivity (Wildman–Crippen MR) is 65.9 cm³/mol. The largest absolute Gasteiger partial charge is 0.319 e. The van der Waals surface area contributed by atoms with Crippen molar-refractivity contribution in [1.29, 1.82) is 0 Å². The zero-order valence-corrected chi connectivity index (χ0v) is 10.0. The highest BCUT2D eigenvalue weighted by Crippen LogP contribution is 2.17. The normalized spacial score (nSPS) is 12.8. The fourth-order valence-electron chi connectivity index (χ4n) is 1.39. The first-order valence-electron chi connectivity index (χ1n) is 5.04. The lowest BCUT2D eigenvalue weighted by molar-refractivity contribution is 0.785. The molecule has 0 aliphatic rings. The lowest BCUT2D eigenvalue weighted by atomic mass is 10.2. The molecule has 0 aromatic heterocycles. The first-order valence-corrected chi connectivity index (χ1v) is 6.09. The molecule has 0 spiro atoms. The van der Waals surface area contributed by atoms with Crippen LogP contribution in [0.2, 0.25) is 0 Å². The van der Waals surface area contributed by atoms with Crippen LogP contribution < -0.4 is 5.32 Å². The molecule has 0 amide bonds. The minimum atomic E-state index is 0.681. The molecule has 1 nitrogen and oxygen atoms in total. The number of hydrogen-bond acceptors (Lipinski definition) is 2. The van der Waals surface area contributed by atoms with Crippen LogP contribution in [0.5, 0.6) is 0 Å². The maximum absolute atomic E-state index is 3.19. The molecule has 0 aliphatic heterocycles. The van der Waals surface area contributed by atoms with E-state index in [0.29, 0.717) is 5.25 Å². The van der Waals surface area contributed by atoms with Crippen molar-refractivity contribution < 1.29 is 0 Å². The van der Waals surface area contributed by atoms with E-state index in [1.54, 1.807) is 0 Å². The van der Waals surface area contributed by atoms with Crippen LogP contribution in [0.15, 0.2) is 24.3 Å². The van der Waals surface area contributed by atoms with E-state index in [4.69, 9.17) is 0 Å². The van der Waals surface area contributed by atoms with Crippen LogP contribution >= 0.6 is 11.8 Å². The highest BCUT2D eigenvalue weighted by Gasteiger charge is 2.01. The van der Waals surface area contributed by atoms with Gasteiger partial charge in [0.25, 0.3) is 0 Å². The van der Waals surface area contributed by atoms with Crippen LogP contribution in [-0.4, -0.2) is 18.8 Å². The zero-order valence-electron chi connectivity index (χ0n) is 9.21. The number of benzene rings is 1. The Hall–Kier alpha value is -0.470. The Bertz CT molecular complexity index is 273. The summed E-state index contributed by atoms with van der Waals surface area (Å²) in [5.74, 6) is 1.12. The maximum Gasteiger partial charge on any atom is 0.0187 e. The van der Waals surface area contributed by atoms with E-state index < -0.39 is 0 Å². The van der Waals surface area contributed by atoms with Gasteiger partial charge in [0.15, 0.2) is 0 Å². The molecule has 78 valence electrons. The van der Waals surface area contributed by atoms with Gasteiger partial charge in [-0.3, -0.25) is 0 Å². The number of aryl methyl sites for hydroxylation is 1. The third kappa shape index (κ3) is 4.16. The van der Waals surface area contributed by atoms with Gasteiger partial charge < -0.3 is 5.32 Å². The summed E-state index contributed by atoms with van der Waals surface area (Å²) in [6, 6.07) is 8.74. The molecule has 0 aliphatic carbocycles. The van der Waals surface area contributed by atoms with Gasteiger partial charge in [-0.05, 0) is 19.5 Å². The average molecular weight is 209 g/mol. The van der Waals surface area contributed by atoms with E-state index in [2.05, 4.69) is 43.4 Å². The van der Waals surface area contributed by atoms with Gasteiger partial charge in [0.05, 0.1) is 0 Å². The van der Waals surface area contributed by atoms with Crippen molar-refractivity contribution in [3.05, 3.63) is 35.4 Å². The summed E-state index contributed by atoms with van der Waals surface area (Å²) in [5, 5.41) is 3.88. The Kier molecular flexibility index (Phi) is 5.05. The molecule has 0 saturated heterocycles. The van der Waals surface area contributed by atoms with Crippen LogP contribution in [0.4, 0.5) is 0 Å². The van der Waals surface area contributed by atoms with Crippen LogP contribution in [0.3, 0.4) is 0 Å². The maximum atomic E-state index is 3.19. The van der Waals surface area contributed by atoms with E-state index in [-0.39, 0.29) is 0 Å². The third-order valence-corrected chi connectivity index (χ3v) is 3.34. The second kappa shape index (κ2) is 6.10. The molecular weight excluding hydrogens is 190 g/mol. The van der Waals surface area contributed by atoms with E-state index in [0.717, 1.165) is 12.3 Å². The van der Waals surface area contributed by atoms with Gasteiger partial charge in [-0.1, -0.05) is 36.8 Å². The number of hydrogen-bond donors (Lipinski definition) is 1. The zero-order chi connectivity index (χ0) is 10.4. The minimum Gasteiger partial charge on any atom is -0.319 e. The Morgan fingerprint density at radius 3 is 2.86 bits per heavy atom. The van der Waals surface area contributed by atoms with E-state index in [1.165, 1.54) is 11.1 Å². The molecule has 1 aromatic carbocycles. The van der Waals surface area contributed by atoms with Crippen molar-refractivity contribution in [3.8, 4) is 0 Å². The summed E-state index contributed by atoms with van der Waals surface area (Å²) < 4.78 is 0. The van der Waals surface area contributed by atoms with Gasteiger partial charge in [0.1, 0.15) is 0 Å². The molecule has 1 N–H and O–H groups in total. The molecule has 0 saturated carbocycles. The van der Waals surface area contributed by atoms with Crippen LogP contribution in [0.25, 0.3) is 0 Å². The molecule has 2 heteroatoms. The van der Waals surface area contributed by atoms with E-state index in [1.807, 2.05) is 18.8 Å². The monoisotopic (exact) mass is 209 g/mol. The van der Waals surface area contributed by atoms with E-state index in [9.17, 15) is 0 Å². The minimum absolute atomic E-state index is 0.681. The Labute approximate surface area is 91.3 Å². The second-order valence-electron chi connectivity index (χ2n) is 3.67. The van der Waals surface area contributed by atoms with Crippen molar-refractivity contribution in [2.75, 3.05) is 13.6 Å². The number of thioether (sulfide) groups is 1. The molecule has 0 heterocycles. The molecule has 1 aromatic rings. The van der Waals surface area contributed by atoms with E-state index >= 15 is 0 Å². The quantitative estimate of drug-likeness (QED) is 0.800. The Morgan fingerprint density at radius 2 is 2.21 bits per heavy atom. The lowest BCUT2D eigenvalue weighted by Crippen LogP contribution is -2.17. The fraction of sp³-hybridized carbons (Fsp3) is 0.500. The highest BCUT2D eigenvalue weighted by atomic mass is 32.2. The van der Waals surface area contributed by atoms with Gasteiger partial charge >= 0.3 is 0 Å². The Balaban J connectivity index is 2.37. The summed E-state index contributed by atoms with van der Waals surface area (Å²) in [6.45, 7) is 5.48. The molecule has 1 rings (SSSR count). The smallest absolute Gasteiger partial charge is 0.0187 e. The first kappa shape index (κ1) is 11.6. The number of rotatable bonds is 5. The highest BCUT2D eigenvalue weighted by molar-refractivity contribution is 7.99. The van der Waals surface area contributed by atoms with Crippen molar-refractivity contribution in [1.82, 2.24) is 5.32 Å². The predicted octanol–water partition coefficient (Wildman–Crippen LogP) is 2.84. The second-order valence-corrected chi connectivity index (χ2v) is 5.10. The first-order chi connectivity index (χ1) is 6.72. The molecule has 14 heavy (non-hydrogen) atoms. The van der Waals surface area contributed by atoms with Crippen molar-refractivity contribution in [2.24, 2.45) is 0 Å². The third-order valence-electron chi connectivity index (χ3n) is 2.11. The van der Waals surface area contributed by atoms with Gasteiger partial charge in [0.2, 0.25) is 0 Å². The SMILES string of the molecule is CNCC(C)SCc1cccc(C)c1. The topological polar surface area (TPSA) is 12.0 Å². The van der Waals surface area contributed by atoms with Crippen molar-refractivity contribution >= 4 is 11.8 Å². The molecule has 1 unspecified atom stereocenters. The van der Waals surface area contributed by atoms with Gasteiger partial charge in [0, 0.05) is 17.5 Å². The van der Waals surface area contributed by atoms with Crippen molar-refractivity contribution in [3.63, 3.8) is 0 Å². The molecule has 0 bridgehead atoms. The van der Waals surface area contributed by atoms with Crippen molar-refractivity contribution in [2.45, 2.75) is 24.9 Å². The molecular formula is C12H19NS. The fourth-order valence-corrected chi connectivity index (χ4v) is 2.33. The Morgan fingerprint density at radius 1 is 1.43 bits per heavy atom. The molecule has 0 radical (unpaired) electrons. The number of nitrogens with one attached hydrogen (secondary N) is 1. The van der Waals surface area contributed by atoms with Crippen LogP contribution in [0.1, 0.15) is 18.1 Å².